The fraction of sp³-hybridized carbons (Fsp3) is 0.200. The van der Waals surface area contributed by atoms with Crippen molar-refractivity contribution in [3.05, 3.63) is 70.0 Å². The predicted octanol–water partition coefficient (Wildman–Crippen LogP) is 0.857. The normalized spacial score (nSPS) is 14.4. The van der Waals surface area contributed by atoms with Crippen LogP contribution in [0.4, 0.5) is 11.4 Å². The van der Waals surface area contributed by atoms with E-state index in [0.29, 0.717) is 11.4 Å². The average Bonchev–Trinajstić information content (AvgIpc) is 3.20. The number of carbonyl (C=O) groups excluding carboxylic acids is 2. The highest BCUT2D eigenvalue weighted by Gasteiger charge is 2.29. The van der Waals surface area contributed by atoms with E-state index >= 15 is 0 Å². The molecule has 14 heteroatoms. The van der Waals surface area contributed by atoms with Crippen molar-refractivity contribution >= 4 is 33.2 Å². The van der Waals surface area contributed by atoms with E-state index in [2.05, 4.69) is 20.9 Å². The molecule has 1 aliphatic rings. The number of rotatable bonds is 6. The minimum atomic E-state index is -3.94. The van der Waals surface area contributed by atoms with Crippen LogP contribution in [0.5, 0.6) is 0 Å². The van der Waals surface area contributed by atoms with Crippen molar-refractivity contribution in [1.82, 2.24) is 24.6 Å². The number of benzene rings is 2. The van der Waals surface area contributed by atoms with Gasteiger partial charge in [-0.3, -0.25) is 19.7 Å². The molecule has 2 heterocycles. The van der Waals surface area contributed by atoms with Gasteiger partial charge in [-0.15, -0.1) is 5.10 Å². The van der Waals surface area contributed by atoms with Gasteiger partial charge in [0.25, 0.3) is 11.6 Å². The lowest BCUT2D eigenvalue weighted by Crippen LogP contribution is -2.49. The number of piperazine rings is 1. The highest BCUT2D eigenvalue weighted by molar-refractivity contribution is 7.89. The summed E-state index contributed by atoms with van der Waals surface area (Å²) in [5.41, 5.74) is 0.727. The first kappa shape index (κ1) is 23.0. The molecule has 3 aromatic rings. The molecule has 1 saturated heterocycles. The number of non-ortho nitro benzene ring substituents is 1. The molecule has 0 unspecified atom stereocenters. The Bertz CT molecular complexity index is 1400. The van der Waals surface area contributed by atoms with E-state index in [1.807, 2.05) is 0 Å². The monoisotopic (exact) mass is 485 g/mol. The van der Waals surface area contributed by atoms with Gasteiger partial charge in [-0.1, -0.05) is 17.3 Å². The molecule has 2 amide bonds. The number of anilines is 1. The third-order valence-electron chi connectivity index (χ3n) is 5.13. The van der Waals surface area contributed by atoms with E-state index < -0.39 is 20.9 Å². The maximum atomic E-state index is 12.9. The molecular weight excluding hydrogens is 466 g/mol. The third kappa shape index (κ3) is 4.49. The number of hydrogen-bond acceptors (Lipinski definition) is 8. The highest BCUT2D eigenvalue weighted by atomic mass is 32.2. The summed E-state index contributed by atoms with van der Waals surface area (Å²) in [7, 11) is -3.94. The minimum absolute atomic E-state index is 0.0348. The predicted molar refractivity (Wildman–Crippen MR) is 119 cm³/mol. The summed E-state index contributed by atoms with van der Waals surface area (Å²) < 4.78 is 28.1. The number of nitrogens with zero attached hydrogens (tertiary/aromatic N) is 5. The quantitative estimate of drug-likeness (QED) is 0.382. The van der Waals surface area contributed by atoms with Gasteiger partial charge in [-0.2, -0.15) is 4.31 Å². The van der Waals surface area contributed by atoms with Gasteiger partial charge >= 0.3 is 0 Å². The van der Waals surface area contributed by atoms with Gasteiger partial charge in [0.2, 0.25) is 15.9 Å². The summed E-state index contributed by atoms with van der Waals surface area (Å²) in [5.74, 6) is -1.03. The Kier molecular flexibility index (Phi) is 6.08. The van der Waals surface area contributed by atoms with Gasteiger partial charge in [0.15, 0.2) is 5.69 Å². The topological polar surface area (TPSA) is 169 Å². The van der Waals surface area contributed by atoms with Gasteiger partial charge in [0, 0.05) is 30.9 Å². The van der Waals surface area contributed by atoms with Crippen molar-refractivity contribution in [2.24, 2.45) is 0 Å². The van der Waals surface area contributed by atoms with E-state index in [0.717, 1.165) is 4.31 Å². The number of carbonyl (C=O) groups is 2. The molecule has 1 fully saturated rings. The molecule has 0 radical (unpaired) electrons. The zero-order valence-corrected chi connectivity index (χ0v) is 18.7. The molecule has 0 bridgehead atoms. The molecule has 13 nitrogen and oxygen atoms in total. The fourth-order valence-electron chi connectivity index (χ4n) is 3.42. The lowest BCUT2D eigenvalue weighted by Gasteiger charge is -2.26. The first-order chi connectivity index (χ1) is 16.2. The first-order valence-corrected chi connectivity index (χ1v) is 11.5. The Morgan fingerprint density at radius 1 is 1.21 bits per heavy atom. The fourth-order valence-corrected chi connectivity index (χ4v) is 4.86. The molecule has 0 saturated carbocycles. The summed E-state index contributed by atoms with van der Waals surface area (Å²) in [6.07, 6.45) is 0. The summed E-state index contributed by atoms with van der Waals surface area (Å²) in [4.78, 5) is 34.8. The molecule has 176 valence electrons. The highest BCUT2D eigenvalue weighted by Crippen LogP contribution is 2.22. The maximum Gasteiger partial charge on any atom is 0.278 e. The van der Waals surface area contributed by atoms with Gasteiger partial charge in [-0.25, -0.2) is 13.1 Å². The van der Waals surface area contributed by atoms with Crippen LogP contribution >= 0.6 is 0 Å². The van der Waals surface area contributed by atoms with Crippen molar-refractivity contribution in [2.45, 2.75) is 11.8 Å². The zero-order valence-electron chi connectivity index (χ0n) is 17.8. The van der Waals surface area contributed by atoms with Gasteiger partial charge in [0.05, 0.1) is 27.7 Å². The molecule has 1 aromatic heterocycles. The summed E-state index contributed by atoms with van der Waals surface area (Å²) in [6, 6.07) is 11.4. The number of nitrogens with one attached hydrogen (secondary N) is 2. The van der Waals surface area contributed by atoms with E-state index in [1.54, 1.807) is 13.0 Å². The largest absolute Gasteiger partial charge is 0.354 e. The number of amides is 2. The average molecular weight is 485 g/mol. The van der Waals surface area contributed by atoms with Crippen LogP contribution in [-0.4, -0.2) is 64.1 Å². The van der Waals surface area contributed by atoms with Gasteiger partial charge in [0.1, 0.15) is 0 Å². The van der Waals surface area contributed by atoms with Crippen molar-refractivity contribution in [3.8, 4) is 5.69 Å². The Balaban J connectivity index is 1.56. The molecule has 1 aliphatic heterocycles. The number of nitro groups is 1. The van der Waals surface area contributed by atoms with Crippen LogP contribution in [0.2, 0.25) is 0 Å². The summed E-state index contributed by atoms with van der Waals surface area (Å²) >= 11 is 0. The van der Waals surface area contributed by atoms with E-state index in [4.69, 9.17) is 0 Å². The zero-order chi connectivity index (χ0) is 24.5. The van der Waals surface area contributed by atoms with E-state index in [-0.39, 0.29) is 47.5 Å². The van der Waals surface area contributed by atoms with Crippen LogP contribution in [0.3, 0.4) is 0 Å². The standard InChI is InChI=1S/C20H19N7O6S/c1-13-19(23-24-26(13)15-5-3-6-16(11-15)27(30)31)20(29)22-14-4-2-7-17(10-14)34(32,33)25-9-8-21-18(28)12-25/h2-7,10-11H,8-9,12H2,1H3,(H,21,28)(H,22,29). The van der Waals surface area contributed by atoms with Crippen LogP contribution in [-0.2, 0) is 14.8 Å². The molecule has 4 rings (SSSR count). The second kappa shape index (κ2) is 8.99. The Labute approximate surface area is 193 Å². The number of aromatic nitrogens is 3. The third-order valence-corrected chi connectivity index (χ3v) is 6.97. The Morgan fingerprint density at radius 2 is 1.97 bits per heavy atom. The molecule has 2 N–H and O–H groups in total. The van der Waals surface area contributed by atoms with Crippen LogP contribution in [0.15, 0.2) is 53.4 Å². The van der Waals surface area contributed by atoms with Crippen LogP contribution in [0.1, 0.15) is 16.2 Å². The van der Waals surface area contributed by atoms with Crippen LogP contribution in [0.25, 0.3) is 5.69 Å². The molecule has 0 spiro atoms. The summed E-state index contributed by atoms with van der Waals surface area (Å²) in [6.45, 7) is 1.66. The smallest absolute Gasteiger partial charge is 0.278 e. The number of nitro benzene ring substituents is 1. The second-order valence-electron chi connectivity index (χ2n) is 7.38. The number of hydrogen-bond donors (Lipinski definition) is 2. The summed E-state index contributed by atoms with van der Waals surface area (Å²) in [5, 5.41) is 24.0. The number of sulfonamides is 1. The maximum absolute atomic E-state index is 12.9. The lowest BCUT2D eigenvalue weighted by atomic mass is 10.2. The molecule has 0 aliphatic carbocycles. The van der Waals surface area contributed by atoms with Crippen molar-refractivity contribution in [3.63, 3.8) is 0 Å². The minimum Gasteiger partial charge on any atom is -0.354 e. The van der Waals surface area contributed by atoms with E-state index in [1.165, 1.54) is 47.1 Å². The Hall–Kier alpha value is -4.17. The van der Waals surface area contributed by atoms with Crippen LogP contribution < -0.4 is 10.6 Å². The second-order valence-corrected chi connectivity index (χ2v) is 9.32. The molecule has 2 aromatic carbocycles. The van der Waals surface area contributed by atoms with Gasteiger partial charge < -0.3 is 10.6 Å². The Morgan fingerprint density at radius 3 is 2.71 bits per heavy atom. The SMILES string of the molecule is Cc1c(C(=O)Nc2cccc(S(=O)(=O)N3CCNC(=O)C3)c2)nnn1-c1cccc([N+](=O)[O-])c1. The van der Waals surface area contributed by atoms with Crippen LogP contribution in [0, 0.1) is 17.0 Å². The lowest BCUT2D eigenvalue weighted by molar-refractivity contribution is -0.384. The van der Waals surface area contributed by atoms with Crippen molar-refractivity contribution in [2.75, 3.05) is 25.0 Å². The van der Waals surface area contributed by atoms with Gasteiger partial charge in [-0.05, 0) is 31.2 Å². The molecular formula is C20H19N7O6S. The van der Waals surface area contributed by atoms with Crippen molar-refractivity contribution in [1.29, 1.82) is 0 Å². The molecule has 34 heavy (non-hydrogen) atoms. The molecule has 0 atom stereocenters. The first-order valence-electron chi connectivity index (χ1n) is 10.0. The van der Waals surface area contributed by atoms with Crippen molar-refractivity contribution < 1.29 is 22.9 Å². The van der Waals surface area contributed by atoms with E-state index in [9.17, 15) is 28.1 Å².